The molecule has 3 aromatic carbocycles. The molecule has 0 aliphatic carbocycles. The van der Waals surface area contributed by atoms with Gasteiger partial charge in [-0.1, -0.05) is 48.5 Å². The third kappa shape index (κ3) is 3.92. The number of para-hydroxylation sites is 1. The van der Waals surface area contributed by atoms with Crippen LogP contribution in [-0.2, 0) is 11.3 Å². The van der Waals surface area contributed by atoms with Crippen molar-refractivity contribution in [2.24, 2.45) is 4.99 Å². The van der Waals surface area contributed by atoms with E-state index in [4.69, 9.17) is 14.1 Å². The molecule has 1 aromatic heterocycles. The summed E-state index contributed by atoms with van der Waals surface area (Å²) in [7, 11) is 1.64. The van der Waals surface area contributed by atoms with Crippen molar-refractivity contribution in [3.05, 3.63) is 101 Å². The second-order valence-electron chi connectivity index (χ2n) is 7.21. The number of methoxy groups -OCH3 is 1. The van der Waals surface area contributed by atoms with Crippen molar-refractivity contribution in [2.45, 2.75) is 6.54 Å². The summed E-state index contributed by atoms with van der Waals surface area (Å²) < 4.78 is 11.1. The Morgan fingerprint density at radius 3 is 2.59 bits per heavy atom. The highest BCUT2D eigenvalue weighted by Crippen LogP contribution is 2.38. The van der Waals surface area contributed by atoms with Crippen LogP contribution >= 0.6 is 11.8 Å². The van der Waals surface area contributed by atoms with E-state index in [9.17, 15) is 4.79 Å². The Bertz CT molecular complexity index is 1330. The predicted octanol–water partition coefficient (Wildman–Crippen LogP) is 6.25. The Balaban J connectivity index is 1.60. The topological polar surface area (TPSA) is 55.0 Å². The van der Waals surface area contributed by atoms with Crippen molar-refractivity contribution in [2.75, 3.05) is 7.11 Å². The number of carbonyl (C=O) groups is 1. The summed E-state index contributed by atoms with van der Waals surface area (Å²) in [6, 6.07) is 25.3. The van der Waals surface area contributed by atoms with E-state index in [0.29, 0.717) is 22.4 Å². The van der Waals surface area contributed by atoms with Crippen LogP contribution in [0.1, 0.15) is 11.3 Å². The van der Waals surface area contributed by atoms with Crippen LogP contribution in [0.2, 0.25) is 0 Å². The van der Waals surface area contributed by atoms with Gasteiger partial charge in [-0.05, 0) is 58.9 Å². The number of benzene rings is 3. The number of furan rings is 1. The maximum Gasteiger partial charge on any atom is 0.267 e. The Morgan fingerprint density at radius 2 is 1.81 bits per heavy atom. The first-order chi connectivity index (χ1) is 15.7. The highest BCUT2D eigenvalue weighted by molar-refractivity contribution is 8.18. The first-order valence-electron chi connectivity index (χ1n) is 10.2. The molecule has 0 unspecified atom stereocenters. The lowest BCUT2D eigenvalue weighted by Crippen LogP contribution is -2.28. The number of hydrogen-bond acceptors (Lipinski definition) is 5. The Kier molecular flexibility index (Phi) is 5.52. The molecule has 1 aliphatic heterocycles. The van der Waals surface area contributed by atoms with Crippen LogP contribution in [0.4, 0.5) is 5.69 Å². The van der Waals surface area contributed by atoms with E-state index in [-0.39, 0.29) is 5.91 Å². The van der Waals surface area contributed by atoms with Gasteiger partial charge < -0.3 is 9.15 Å². The van der Waals surface area contributed by atoms with Crippen molar-refractivity contribution in [3.63, 3.8) is 0 Å². The van der Waals surface area contributed by atoms with Gasteiger partial charge in [-0.2, -0.15) is 0 Å². The van der Waals surface area contributed by atoms with Gasteiger partial charge in [-0.25, -0.2) is 4.99 Å². The molecule has 1 saturated heterocycles. The van der Waals surface area contributed by atoms with E-state index >= 15 is 0 Å². The molecule has 0 radical (unpaired) electrons. The van der Waals surface area contributed by atoms with Gasteiger partial charge in [0.25, 0.3) is 5.91 Å². The summed E-state index contributed by atoms with van der Waals surface area (Å²) in [5.74, 6) is 1.30. The van der Waals surface area contributed by atoms with Gasteiger partial charge in [-0.15, -0.1) is 0 Å². The maximum atomic E-state index is 13.4. The second-order valence-corrected chi connectivity index (χ2v) is 8.22. The molecule has 1 fully saturated rings. The van der Waals surface area contributed by atoms with E-state index in [0.717, 1.165) is 27.8 Å². The molecule has 1 amide bonds. The SMILES string of the molecule is COc1ccc2ccccc2c1/C=C1/SC(=Nc2ccccc2)N(Cc2ccco2)C1=O. The largest absolute Gasteiger partial charge is 0.496 e. The van der Waals surface area contributed by atoms with Crippen molar-refractivity contribution < 1.29 is 13.9 Å². The monoisotopic (exact) mass is 440 g/mol. The van der Waals surface area contributed by atoms with Crippen LogP contribution in [0.5, 0.6) is 5.75 Å². The summed E-state index contributed by atoms with van der Waals surface area (Å²) in [4.78, 5) is 20.4. The highest BCUT2D eigenvalue weighted by Gasteiger charge is 2.34. The molecule has 5 rings (SSSR count). The van der Waals surface area contributed by atoms with E-state index in [1.54, 1.807) is 18.3 Å². The predicted molar refractivity (Wildman–Crippen MR) is 129 cm³/mol. The maximum absolute atomic E-state index is 13.4. The molecule has 0 spiro atoms. The normalized spacial score (nSPS) is 16.4. The number of hydrogen-bond donors (Lipinski definition) is 0. The van der Waals surface area contributed by atoms with Gasteiger partial charge in [0.1, 0.15) is 11.5 Å². The summed E-state index contributed by atoms with van der Waals surface area (Å²) in [5, 5.41) is 2.73. The van der Waals surface area contributed by atoms with E-state index in [2.05, 4.69) is 0 Å². The molecule has 0 N–H and O–H groups in total. The van der Waals surface area contributed by atoms with Crippen molar-refractivity contribution >= 4 is 45.4 Å². The number of ether oxygens (including phenoxy) is 1. The Hall–Kier alpha value is -3.77. The minimum absolute atomic E-state index is 0.115. The van der Waals surface area contributed by atoms with Gasteiger partial charge >= 0.3 is 0 Å². The molecular formula is C26H20N2O3S. The summed E-state index contributed by atoms with van der Waals surface area (Å²) >= 11 is 1.36. The molecule has 0 atom stereocenters. The van der Waals surface area contributed by atoms with Crippen LogP contribution in [0.3, 0.4) is 0 Å². The molecular weight excluding hydrogens is 420 g/mol. The molecule has 0 bridgehead atoms. The van der Waals surface area contributed by atoms with Gasteiger partial charge in [0.2, 0.25) is 0 Å². The zero-order valence-electron chi connectivity index (χ0n) is 17.4. The molecule has 2 heterocycles. The molecule has 158 valence electrons. The highest BCUT2D eigenvalue weighted by atomic mass is 32.2. The third-order valence-corrected chi connectivity index (χ3v) is 6.20. The smallest absolute Gasteiger partial charge is 0.267 e. The third-order valence-electron chi connectivity index (χ3n) is 5.19. The molecule has 6 heteroatoms. The second kappa shape index (κ2) is 8.77. The average Bonchev–Trinajstić information content (AvgIpc) is 3.44. The van der Waals surface area contributed by atoms with Crippen LogP contribution in [0.15, 0.2) is 99.4 Å². The summed E-state index contributed by atoms with van der Waals surface area (Å²) in [6.07, 6.45) is 3.51. The molecule has 32 heavy (non-hydrogen) atoms. The minimum atomic E-state index is -0.115. The van der Waals surface area contributed by atoms with Gasteiger partial charge in [0.15, 0.2) is 5.17 Å². The number of thioether (sulfide) groups is 1. The number of amides is 1. The molecule has 0 saturated carbocycles. The minimum Gasteiger partial charge on any atom is -0.496 e. The average molecular weight is 441 g/mol. The lowest BCUT2D eigenvalue weighted by Gasteiger charge is -2.14. The molecule has 1 aliphatic rings. The van der Waals surface area contributed by atoms with Crippen molar-refractivity contribution in [1.29, 1.82) is 0 Å². The summed E-state index contributed by atoms with van der Waals surface area (Å²) in [6.45, 7) is 0.314. The number of aliphatic imine (C=N–C) groups is 1. The fourth-order valence-corrected chi connectivity index (χ4v) is 4.62. The summed E-state index contributed by atoms with van der Waals surface area (Å²) in [5.41, 5.74) is 1.66. The first kappa shape index (κ1) is 20.2. The number of nitrogens with zero attached hydrogens (tertiary/aromatic N) is 2. The fraction of sp³-hybridized carbons (Fsp3) is 0.0769. The van der Waals surface area contributed by atoms with E-state index < -0.39 is 0 Å². The van der Waals surface area contributed by atoms with E-state index in [1.165, 1.54) is 11.8 Å². The van der Waals surface area contributed by atoms with Crippen molar-refractivity contribution in [1.82, 2.24) is 4.90 Å². The quantitative estimate of drug-likeness (QED) is 0.345. The number of amidine groups is 1. The molecule has 4 aromatic rings. The van der Waals surface area contributed by atoms with Crippen LogP contribution in [0, 0.1) is 0 Å². The van der Waals surface area contributed by atoms with Gasteiger partial charge in [-0.3, -0.25) is 9.69 Å². The van der Waals surface area contributed by atoms with E-state index in [1.807, 2.05) is 84.9 Å². The number of carbonyl (C=O) groups excluding carboxylic acids is 1. The Morgan fingerprint density at radius 1 is 1.00 bits per heavy atom. The number of rotatable bonds is 5. The fourth-order valence-electron chi connectivity index (χ4n) is 3.64. The first-order valence-corrected chi connectivity index (χ1v) is 11.0. The standard InChI is InChI=1S/C26H20N2O3S/c1-30-23-14-13-18-8-5-6-12-21(18)22(23)16-24-25(29)28(17-20-11-7-15-31-20)26(32-24)27-19-9-3-2-4-10-19/h2-16H,17H2,1H3/b24-16+,27-26?. The zero-order valence-corrected chi connectivity index (χ0v) is 18.2. The van der Waals surface area contributed by atoms with Gasteiger partial charge in [0, 0.05) is 5.56 Å². The van der Waals surface area contributed by atoms with Crippen LogP contribution < -0.4 is 4.74 Å². The number of fused-ring (bicyclic) bond motifs is 1. The van der Waals surface area contributed by atoms with Gasteiger partial charge in [0.05, 0.1) is 30.5 Å². The zero-order chi connectivity index (χ0) is 21.9. The molecule has 5 nitrogen and oxygen atoms in total. The van der Waals surface area contributed by atoms with Crippen molar-refractivity contribution in [3.8, 4) is 5.75 Å². The Labute approximate surface area is 190 Å². The van der Waals surface area contributed by atoms with Crippen LogP contribution in [-0.4, -0.2) is 23.1 Å². The van der Waals surface area contributed by atoms with Crippen LogP contribution in [0.25, 0.3) is 16.8 Å². The lowest BCUT2D eigenvalue weighted by atomic mass is 10.0. The lowest BCUT2D eigenvalue weighted by molar-refractivity contribution is -0.122.